The Morgan fingerprint density at radius 1 is 1.04 bits per heavy atom. The molecule has 0 aliphatic rings. The molecule has 0 aliphatic heterocycles. The highest BCUT2D eigenvalue weighted by molar-refractivity contribution is 5.92. The Labute approximate surface area is 163 Å². The molecule has 7 nitrogen and oxygen atoms in total. The number of aryl methyl sites for hydroxylation is 1. The van der Waals surface area contributed by atoms with Gasteiger partial charge in [0.25, 0.3) is 0 Å². The van der Waals surface area contributed by atoms with Crippen molar-refractivity contribution < 1.29 is 18.8 Å². The molecule has 1 aromatic heterocycles. The molecule has 0 bridgehead atoms. The average molecular weight is 381 g/mol. The molecular weight excluding hydrogens is 358 g/mol. The zero-order chi connectivity index (χ0) is 19.8. The molecule has 0 saturated carbocycles. The fraction of sp³-hybridized carbons (Fsp3) is 0.286. The van der Waals surface area contributed by atoms with Gasteiger partial charge in [-0.15, -0.1) is 0 Å². The number of nitrogens with one attached hydrogen (secondary N) is 1. The fourth-order valence-corrected chi connectivity index (χ4v) is 2.63. The molecule has 0 unspecified atom stereocenters. The van der Waals surface area contributed by atoms with E-state index in [-0.39, 0.29) is 12.3 Å². The molecule has 1 N–H and O–H groups in total. The number of rotatable bonds is 9. The Morgan fingerprint density at radius 2 is 1.79 bits per heavy atom. The topological polar surface area (TPSA) is 86.5 Å². The van der Waals surface area contributed by atoms with Crippen LogP contribution in [-0.4, -0.2) is 29.3 Å². The largest absolute Gasteiger partial charge is 0.494 e. The van der Waals surface area contributed by atoms with Crippen molar-refractivity contribution in [3.63, 3.8) is 0 Å². The summed E-state index contributed by atoms with van der Waals surface area (Å²) in [5, 5.41) is 6.84. The quantitative estimate of drug-likeness (QED) is 0.600. The van der Waals surface area contributed by atoms with Crippen LogP contribution in [0, 0.1) is 0 Å². The van der Waals surface area contributed by atoms with Gasteiger partial charge in [0, 0.05) is 18.4 Å². The Kier molecular flexibility index (Phi) is 6.62. The number of carbonyl (C=O) groups is 1. The number of ether oxygens (including phenoxy) is 2. The van der Waals surface area contributed by atoms with Crippen molar-refractivity contribution in [3.05, 3.63) is 54.4 Å². The number of hydrogen-bond acceptors (Lipinski definition) is 6. The van der Waals surface area contributed by atoms with Gasteiger partial charge in [-0.25, -0.2) is 0 Å². The summed E-state index contributed by atoms with van der Waals surface area (Å²) in [5.74, 6) is 2.19. The van der Waals surface area contributed by atoms with Crippen LogP contribution in [0.5, 0.6) is 11.5 Å². The smallest absolute Gasteiger partial charge is 0.227 e. The van der Waals surface area contributed by atoms with Gasteiger partial charge in [0.2, 0.25) is 17.6 Å². The second-order valence-corrected chi connectivity index (χ2v) is 5.95. The lowest BCUT2D eigenvalue weighted by Crippen LogP contribution is -2.13. The van der Waals surface area contributed by atoms with E-state index >= 15 is 0 Å². The summed E-state index contributed by atoms with van der Waals surface area (Å²) in [5.41, 5.74) is 1.48. The molecule has 0 saturated heterocycles. The van der Waals surface area contributed by atoms with Gasteiger partial charge in [0.05, 0.1) is 18.9 Å². The van der Waals surface area contributed by atoms with E-state index in [0.717, 1.165) is 11.3 Å². The first-order chi connectivity index (χ1) is 13.7. The molecule has 0 spiro atoms. The summed E-state index contributed by atoms with van der Waals surface area (Å²) in [7, 11) is 0. The van der Waals surface area contributed by atoms with Crippen LogP contribution in [0.15, 0.2) is 53.1 Å². The number of para-hydroxylation sites is 2. The van der Waals surface area contributed by atoms with Crippen molar-refractivity contribution in [2.75, 3.05) is 18.5 Å². The molecule has 2 aromatic carbocycles. The average Bonchev–Trinajstić information content (AvgIpc) is 3.18. The zero-order valence-electron chi connectivity index (χ0n) is 16.0. The van der Waals surface area contributed by atoms with E-state index in [1.54, 1.807) is 6.07 Å². The summed E-state index contributed by atoms with van der Waals surface area (Å²) in [6.07, 6.45) is 0.581. The molecule has 3 aromatic rings. The Bertz CT molecular complexity index is 906. The predicted octanol–water partition coefficient (Wildman–Crippen LogP) is 4.11. The highest BCUT2D eigenvalue weighted by atomic mass is 16.5. The minimum atomic E-state index is -0.145. The number of amides is 1. The maximum absolute atomic E-state index is 12.2. The first-order valence-corrected chi connectivity index (χ1v) is 9.27. The molecule has 0 radical (unpaired) electrons. The Morgan fingerprint density at radius 3 is 2.54 bits per heavy atom. The van der Waals surface area contributed by atoms with E-state index in [9.17, 15) is 4.79 Å². The minimum Gasteiger partial charge on any atom is -0.494 e. The minimum absolute atomic E-state index is 0.145. The molecule has 0 atom stereocenters. The van der Waals surface area contributed by atoms with E-state index < -0.39 is 0 Å². The van der Waals surface area contributed by atoms with E-state index in [4.69, 9.17) is 14.0 Å². The lowest BCUT2D eigenvalue weighted by atomic mass is 10.2. The van der Waals surface area contributed by atoms with Gasteiger partial charge in [0.15, 0.2) is 0 Å². The third kappa shape index (κ3) is 5.09. The third-order valence-corrected chi connectivity index (χ3v) is 3.92. The van der Waals surface area contributed by atoms with Crippen LogP contribution in [0.1, 0.15) is 26.2 Å². The van der Waals surface area contributed by atoms with Gasteiger partial charge in [-0.3, -0.25) is 4.79 Å². The van der Waals surface area contributed by atoms with Crippen LogP contribution >= 0.6 is 0 Å². The van der Waals surface area contributed by atoms with Crippen molar-refractivity contribution in [2.45, 2.75) is 26.7 Å². The molecule has 0 aliphatic carbocycles. The number of anilines is 1. The molecule has 1 amide bonds. The first kappa shape index (κ1) is 19.4. The van der Waals surface area contributed by atoms with Gasteiger partial charge in [0.1, 0.15) is 11.5 Å². The second kappa shape index (κ2) is 9.55. The van der Waals surface area contributed by atoms with Gasteiger partial charge in [-0.1, -0.05) is 17.3 Å². The van der Waals surface area contributed by atoms with Crippen LogP contribution in [0.2, 0.25) is 0 Å². The summed E-state index contributed by atoms with van der Waals surface area (Å²) in [6.45, 7) is 4.98. The molecule has 1 heterocycles. The van der Waals surface area contributed by atoms with Crippen molar-refractivity contribution >= 4 is 11.6 Å². The monoisotopic (exact) mass is 381 g/mol. The molecule has 28 heavy (non-hydrogen) atoms. The summed E-state index contributed by atoms with van der Waals surface area (Å²) >= 11 is 0. The van der Waals surface area contributed by atoms with E-state index in [1.807, 2.05) is 56.3 Å². The van der Waals surface area contributed by atoms with Crippen LogP contribution < -0.4 is 14.8 Å². The number of nitrogens with zero attached hydrogens (tertiary/aromatic N) is 2. The van der Waals surface area contributed by atoms with Crippen LogP contribution in [0.4, 0.5) is 5.69 Å². The molecular formula is C21H23N3O4. The van der Waals surface area contributed by atoms with Gasteiger partial charge < -0.3 is 19.3 Å². The molecule has 3 rings (SSSR count). The summed E-state index contributed by atoms with van der Waals surface area (Å²) in [6, 6.07) is 14.8. The summed E-state index contributed by atoms with van der Waals surface area (Å²) in [4.78, 5) is 16.6. The molecule has 7 heteroatoms. The second-order valence-electron chi connectivity index (χ2n) is 5.95. The number of aromatic nitrogens is 2. The number of carbonyl (C=O) groups excluding carboxylic acids is 1. The molecule has 0 fully saturated rings. The van der Waals surface area contributed by atoms with Crippen LogP contribution in [-0.2, 0) is 11.2 Å². The number of hydrogen-bond donors (Lipinski definition) is 1. The van der Waals surface area contributed by atoms with Gasteiger partial charge in [-0.2, -0.15) is 4.98 Å². The summed E-state index contributed by atoms with van der Waals surface area (Å²) < 4.78 is 16.2. The van der Waals surface area contributed by atoms with Crippen LogP contribution in [0.25, 0.3) is 11.4 Å². The van der Waals surface area contributed by atoms with Crippen LogP contribution in [0.3, 0.4) is 0 Å². The van der Waals surface area contributed by atoms with Crippen molar-refractivity contribution in [1.82, 2.24) is 10.1 Å². The van der Waals surface area contributed by atoms with Crippen molar-refractivity contribution in [2.24, 2.45) is 0 Å². The SMILES string of the molecule is CCOc1ccc(-c2noc(CCC(=O)Nc3ccccc3OCC)n2)cc1. The zero-order valence-corrected chi connectivity index (χ0v) is 16.0. The normalized spacial score (nSPS) is 10.5. The van der Waals surface area contributed by atoms with Crippen molar-refractivity contribution in [3.8, 4) is 22.9 Å². The Balaban J connectivity index is 1.56. The van der Waals surface area contributed by atoms with E-state index in [0.29, 0.717) is 42.8 Å². The van der Waals surface area contributed by atoms with Gasteiger partial charge >= 0.3 is 0 Å². The standard InChI is InChI=1S/C21H23N3O4/c1-3-26-16-11-9-15(10-12-16)21-23-20(28-24-21)14-13-19(25)22-17-7-5-6-8-18(17)27-4-2/h5-12H,3-4,13-14H2,1-2H3,(H,22,25). The lowest BCUT2D eigenvalue weighted by molar-refractivity contribution is -0.116. The fourth-order valence-electron chi connectivity index (χ4n) is 2.63. The van der Waals surface area contributed by atoms with Crippen molar-refractivity contribution in [1.29, 1.82) is 0 Å². The highest BCUT2D eigenvalue weighted by Gasteiger charge is 2.12. The lowest BCUT2D eigenvalue weighted by Gasteiger charge is -2.10. The number of benzene rings is 2. The third-order valence-electron chi connectivity index (χ3n) is 3.92. The highest BCUT2D eigenvalue weighted by Crippen LogP contribution is 2.24. The maximum Gasteiger partial charge on any atom is 0.227 e. The first-order valence-electron chi connectivity index (χ1n) is 9.27. The maximum atomic E-state index is 12.2. The van der Waals surface area contributed by atoms with Gasteiger partial charge in [-0.05, 0) is 50.2 Å². The van der Waals surface area contributed by atoms with E-state index in [1.165, 1.54) is 0 Å². The molecule has 146 valence electrons. The van der Waals surface area contributed by atoms with E-state index in [2.05, 4.69) is 15.5 Å². The Hall–Kier alpha value is -3.35. The predicted molar refractivity (Wildman–Crippen MR) is 105 cm³/mol.